The van der Waals surface area contributed by atoms with Crippen LogP contribution in [0.4, 0.5) is 0 Å². The molecule has 0 radical (unpaired) electrons. The van der Waals surface area contributed by atoms with E-state index in [-0.39, 0.29) is 5.66 Å². The summed E-state index contributed by atoms with van der Waals surface area (Å²) in [4.78, 5) is 0. The topological polar surface area (TPSA) is 48.1 Å². The van der Waals surface area contributed by atoms with Gasteiger partial charge in [0, 0.05) is 0 Å². The van der Waals surface area contributed by atoms with Crippen LogP contribution < -0.4 is 21.3 Å². The van der Waals surface area contributed by atoms with Crippen LogP contribution in [-0.2, 0) is 0 Å². The van der Waals surface area contributed by atoms with Gasteiger partial charge in [0.05, 0.1) is 13.1 Å². The van der Waals surface area contributed by atoms with Crippen LogP contribution >= 0.6 is 24.4 Å². The fourth-order valence-electron chi connectivity index (χ4n) is 1.26. The Bertz CT molecular complexity index is 203. The lowest BCUT2D eigenvalue weighted by molar-refractivity contribution is 0.420. The molecule has 4 N–H and O–H groups in total. The van der Waals surface area contributed by atoms with E-state index in [4.69, 9.17) is 24.4 Å². The number of nitrogens with one attached hydrogen (secondary N) is 4. The monoisotopic (exact) mass is 188 g/mol. The van der Waals surface area contributed by atoms with Crippen molar-refractivity contribution >= 4 is 34.7 Å². The van der Waals surface area contributed by atoms with E-state index < -0.39 is 0 Å². The van der Waals surface area contributed by atoms with Crippen LogP contribution in [0.15, 0.2) is 0 Å². The van der Waals surface area contributed by atoms with Gasteiger partial charge in [-0.25, -0.2) is 0 Å². The predicted molar refractivity (Wildman–Crippen MR) is 50.2 cm³/mol. The van der Waals surface area contributed by atoms with Crippen molar-refractivity contribution in [2.45, 2.75) is 5.66 Å². The van der Waals surface area contributed by atoms with Gasteiger partial charge in [0.25, 0.3) is 0 Å². The van der Waals surface area contributed by atoms with Crippen molar-refractivity contribution in [3.05, 3.63) is 0 Å². The van der Waals surface area contributed by atoms with Crippen molar-refractivity contribution in [1.82, 2.24) is 21.3 Å². The smallest absolute Gasteiger partial charge is 0.168 e. The molecule has 2 saturated heterocycles. The molecule has 2 aliphatic rings. The molecule has 0 bridgehead atoms. The summed E-state index contributed by atoms with van der Waals surface area (Å²) in [5, 5.41) is 13.7. The van der Waals surface area contributed by atoms with E-state index >= 15 is 0 Å². The maximum atomic E-state index is 4.93. The van der Waals surface area contributed by atoms with Crippen molar-refractivity contribution in [3.63, 3.8) is 0 Å². The van der Waals surface area contributed by atoms with Gasteiger partial charge in [-0.05, 0) is 24.4 Å². The molecule has 0 unspecified atom stereocenters. The zero-order valence-electron chi connectivity index (χ0n) is 5.73. The third-order valence-electron chi connectivity index (χ3n) is 1.81. The summed E-state index contributed by atoms with van der Waals surface area (Å²) in [6.07, 6.45) is 0. The van der Waals surface area contributed by atoms with Crippen molar-refractivity contribution in [2.24, 2.45) is 0 Å². The van der Waals surface area contributed by atoms with Gasteiger partial charge in [-0.1, -0.05) is 0 Å². The highest BCUT2D eigenvalue weighted by atomic mass is 32.1. The van der Waals surface area contributed by atoms with Crippen LogP contribution in [0.3, 0.4) is 0 Å². The van der Waals surface area contributed by atoms with Gasteiger partial charge in [0.2, 0.25) is 0 Å². The molecule has 0 saturated carbocycles. The maximum Gasteiger partial charge on any atom is 0.168 e. The van der Waals surface area contributed by atoms with E-state index in [1.165, 1.54) is 0 Å². The van der Waals surface area contributed by atoms with Gasteiger partial charge in [-0.15, -0.1) is 0 Å². The average Bonchev–Trinajstić information content (AvgIpc) is 2.44. The second-order valence-electron chi connectivity index (χ2n) is 2.70. The largest absolute Gasteiger partial charge is 0.358 e. The Morgan fingerprint density at radius 2 is 1.45 bits per heavy atom. The van der Waals surface area contributed by atoms with Crippen molar-refractivity contribution in [2.75, 3.05) is 13.1 Å². The van der Waals surface area contributed by atoms with E-state index in [9.17, 15) is 0 Å². The molecule has 11 heavy (non-hydrogen) atoms. The fraction of sp³-hybridized carbons (Fsp3) is 0.600. The zero-order chi connectivity index (χ0) is 7.90. The Hall–Kier alpha value is -0.620. The first-order chi connectivity index (χ1) is 5.20. The van der Waals surface area contributed by atoms with Gasteiger partial charge in [-0.2, -0.15) is 0 Å². The van der Waals surface area contributed by atoms with Crippen molar-refractivity contribution in [3.8, 4) is 0 Å². The quantitative estimate of drug-likeness (QED) is 0.352. The van der Waals surface area contributed by atoms with Gasteiger partial charge in [0.1, 0.15) is 5.66 Å². The molecule has 0 atom stereocenters. The lowest BCUT2D eigenvalue weighted by Gasteiger charge is -2.20. The Morgan fingerprint density at radius 1 is 1.00 bits per heavy atom. The lowest BCUT2D eigenvalue weighted by Crippen LogP contribution is -2.54. The highest BCUT2D eigenvalue weighted by Gasteiger charge is 2.40. The van der Waals surface area contributed by atoms with E-state index in [2.05, 4.69) is 21.3 Å². The molecule has 0 aliphatic carbocycles. The molecule has 60 valence electrons. The Morgan fingerprint density at radius 3 is 1.73 bits per heavy atom. The molecule has 4 nitrogen and oxygen atoms in total. The second kappa shape index (κ2) is 2.18. The fourth-order valence-corrected chi connectivity index (χ4v) is 1.79. The first kappa shape index (κ1) is 7.05. The molecule has 2 heterocycles. The normalized spacial score (nSPS) is 25.8. The highest BCUT2D eigenvalue weighted by molar-refractivity contribution is 7.80. The van der Waals surface area contributed by atoms with Crippen LogP contribution in [0, 0.1) is 0 Å². The van der Waals surface area contributed by atoms with Crippen LogP contribution in [0.2, 0.25) is 0 Å². The van der Waals surface area contributed by atoms with E-state index in [1.807, 2.05) is 0 Å². The predicted octanol–water partition coefficient (Wildman–Crippen LogP) is -1.36. The minimum absolute atomic E-state index is 0.172. The van der Waals surface area contributed by atoms with Gasteiger partial charge in [0.15, 0.2) is 10.2 Å². The molecule has 0 aromatic heterocycles. The molecule has 6 heteroatoms. The van der Waals surface area contributed by atoms with Gasteiger partial charge in [-0.3, -0.25) is 0 Å². The Balaban J connectivity index is 2.13. The van der Waals surface area contributed by atoms with E-state index in [1.54, 1.807) is 0 Å². The molecule has 2 rings (SSSR count). The molecular weight excluding hydrogens is 180 g/mol. The summed E-state index contributed by atoms with van der Waals surface area (Å²) in [5.74, 6) is 0. The van der Waals surface area contributed by atoms with E-state index in [0.717, 1.165) is 13.1 Å². The summed E-state index contributed by atoms with van der Waals surface area (Å²) in [5.41, 5.74) is -0.172. The second-order valence-corrected chi connectivity index (χ2v) is 3.51. The van der Waals surface area contributed by atoms with Crippen LogP contribution in [0.5, 0.6) is 0 Å². The van der Waals surface area contributed by atoms with Crippen molar-refractivity contribution in [1.29, 1.82) is 0 Å². The SMILES string of the molecule is S=C1NCC2(CNC(=S)N2)N1. The number of hydrogen-bond donors (Lipinski definition) is 4. The third-order valence-corrected chi connectivity index (χ3v) is 2.30. The standard InChI is InChI=1S/C5H8N4S2/c10-3-6-1-5(8-3)2-7-4(11)9-5/h1-2H2,(H2,6,8,10)(H2,7,9,11). The third kappa shape index (κ3) is 1.12. The molecule has 2 aliphatic heterocycles. The minimum atomic E-state index is -0.172. The summed E-state index contributed by atoms with van der Waals surface area (Å²) in [7, 11) is 0. The van der Waals surface area contributed by atoms with Crippen LogP contribution in [-0.4, -0.2) is 29.0 Å². The van der Waals surface area contributed by atoms with E-state index in [0.29, 0.717) is 10.2 Å². The molecular formula is C5H8N4S2. The number of thiocarbonyl (C=S) groups is 2. The molecule has 1 spiro atoms. The lowest BCUT2D eigenvalue weighted by atomic mass is 10.2. The van der Waals surface area contributed by atoms with Crippen LogP contribution in [0.25, 0.3) is 0 Å². The number of hydrogen-bond acceptors (Lipinski definition) is 2. The van der Waals surface area contributed by atoms with Gasteiger partial charge >= 0.3 is 0 Å². The van der Waals surface area contributed by atoms with Gasteiger partial charge < -0.3 is 21.3 Å². The number of rotatable bonds is 0. The molecule has 0 aromatic rings. The first-order valence-corrected chi connectivity index (χ1v) is 4.14. The maximum absolute atomic E-state index is 4.93. The Labute approximate surface area is 75.1 Å². The summed E-state index contributed by atoms with van der Waals surface area (Å²) >= 11 is 9.87. The Kier molecular flexibility index (Phi) is 1.40. The molecule has 0 amide bonds. The zero-order valence-corrected chi connectivity index (χ0v) is 7.36. The molecule has 0 aromatic carbocycles. The first-order valence-electron chi connectivity index (χ1n) is 3.32. The summed E-state index contributed by atoms with van der Waals surface area (Å²) in [6, 6.07) is 0. The minimum Gasteiger partial charge on any atom is -0.358 e. The highest BCUT2D eigenvalue weighted by Crippen LogP contribution is 2.07. The van der Waals surface area contributed by atoms with Crippen molar-refractivity contribution < 1.29 is 0 Å². The van der Waals surface area contributed by atoms with Crippen LogP contribution in [0.1, 0.15) is 0 Å². The molecule has 2 fully saturated rings. The average molecular weight is 188 g/mol. The summed E-state index contributed by atoms with van der Waals surface area (Å²) < 4.78 is 0. The summed E-state index contributed by atoms with van der Waals surface area (Å²) in [6.45, 7) is 1.55.